The first-order chi connectivity index (χ1) is 10.1. The first-order valence-corrected chi connectivity index (χ1v) is 6.70. The minimum Gasteiger partial charge on any atom is -0.493 e. The summed E-state index contributed by atoms with van der Waals surface area (Å²) < 4.78 is 15.7. The predicted molar refractivity (Wildman–Crippen MR) is 80.3 cm³/mol. The topological polar surface area (TPSA) is 44.8 Å². The van der Waals surface area contributed by atoms with E-state index in [2.05, 4.69) is 0 Å². The van der Waals surface area contributed by atoms with Crippen molar-refractivity contribution in [3.63, 3.8) is 0 Å². The van der Waals surface area contributed by atoms with Gasteiger partial charge in [-0.05, 0) is 42.8 Å². The fourth-order valence-electron chi connectivity index (χ4n) is 1.77. The van der Waals surface area contributed by atoms with E-state index in [-0.39, 0.29) is 6.61 Å². The Morgan fingerprint density at radius 2 is 1.81 bits per heavy atom. The molecule has 2 rings (SSSR count). The van der Waals surface area contributed by atoms with Gasteiger partial charge in [-0.1, -0.05) is 23.7 Å². The Kier molecular flexibility index (Phi) is 5.06. The molecule has 0 unspecified atom stereocenters. The highest BCUT2D eigenvalue weighted by atomic mass is 35.5. The van der Waals surface area contributed by atoms with Gasteiger partial charge < -0.3 is 14.2 Å². The maximum absolute atomic E-state index is 11.8. The van der Waals surface area contributed by atoms with Crippen LogP contribution in [0.15, 0.2) is 42.5 Å². The summed E-state index contributed by atoms with van der Waals surface area (Å²) in [5, 5.41) is 0.622. The number of carbonyl (C=O) groups excluding carboxylic acids is 1. The number of para-hydroxylation sites is 2. The highest BCUT2D eigenvalue weighted by molar-refractivity contribution is 6.30. The Bertz CT molecular complexity index is 640. The normalized spacial score (nSPS) is 10.0. The number of aryl methyl sites for hydroxylation is 1. The van der Waals surface area contributed by atoms with Crippen LogP contribution < -0.4 is 14.2 Å². The molecule has 2 aromatic carbocycles. The van der Waals surface area contributed by atoms with E-state index in [1.807, 2.05) is 6.92 Å². The number of hydrogen-bond acceptors (Lipinski definition) is 4. The monoisotopic (exact) mass is 306 g/mol. The van der Waals surface area contributed by atoms with Gasteiger partial charge in [-0.25, -0.2) is 4.79 Å². The van der Waals surface area contributed by atoms with Gasteiger partial charge in [-0.3, -0.25) is 0 Å². The molecule has 110 valence electrons. The molecular formula is C16H15ClO4. The lowest BCUT2D eigenvalue weighted by Gasteiger charge is -2.11. The van der Waals surface area contributed by atoms with Gasteiger partial charge in [0.2, 0.25) is 0 Å². The van der Waals surface area contributed by atoms with Crippen LogP contribution in [0.5, 0.6) is 17.2 Å². The molecule has 0 amide bonds. The number of ether oxygens (including phenoxy) is 3. The Balaban J connectivity index is 1.96. The van der Waals surface area contributed by atoms with Crippen LogP contribution in [0.1, 0.15) is 5.56 Å². The van der Waals surface area contributed by atoms with Crippen molar-refractivity contribution in [2.45, 2.75) is 6.92 Å². The zero-order valence-corrected chi connectivity index (χ0v) is 12.5. The molecule has 0 aliphatic heterocycles. The maximum atomic E-state index is 11.8. The molecule has 0 fully saturated rings. The number of halogens is 1. The van der Waals surface area contributed by atoms with Crippen molar-refractivity contribution in [2.24, 2.45) is 0 Å². The second kappa shape index (κ2) is 6.99. The van der Waals surface area contributed by atoms with Crippen molar-refractivity contribution >= 4 is 17.6 Å². The lowest BCUT2D eigenvalue weighted by molar-refractivity contribution is -0.136. The van der Waals surface area contributed by atoms with Crippen molar-refractivity contribution in [2.75, 3.05) is 13.7 Å². The average Bonchev–Trinajstić information content (AvgIpc) is 2.47. The standard InChI is InChI=1S/C16H15ClO4/c1-11-9-12(17)7-8-13(11)20-10-16(18)21-15-6-4-3-5-14(15)19-2/h3-9H,10H2,1-2H3. The van der Waals surface area contributed by atoms with Crippen LogP contribution in [0.4, 0.5) is 0 Å². The molecule has 5 heteroatoms. The quantitative estimate of drug-likeness (QED) is 0.625. The molecule has 0 spiro atoms. The number of carbonyl (C=O) groups is 1. The second-order valence-electron chi connectivity index (χ2n) is 4.32. The van der Waals surface area contributed by atoms with Gasteiger partial charge in [-0.15, -0.1) is 0 Å². The van der Waals surface area contributed by atoms with E-state index in [1.165, 1.54) is 7.11 Å². The van der Waals surface area contributed by atoms with E-state index in [4.69, 9.17) is 25.8 Å². The fourth-order valence-corrected chi connectivity index (χ4v) is 1.99. The highest BCUT2D eigenvalue weighted by Crippen LogP contribution is 2.26. The van der Waals surface area contributed by atoms with E-state index in [0.29, 0.717) is 22.3 Å². The molecule has 0 aliphatic carbocycles. The third-order valence-corrected chi connectivity index (χ3v) is 3.01. The molecule has 0 saturated heterocycles. The fraction of sp³-hybridized carbons (Fsp3) is 0.188. The van der Waals surface area contributed by atoms with E-state index in [0.717, 1.165) is 5.56 Å². The number of benzene rings is 2. The minimum atomic E-state index is -0.506. The summed E-state index contributed by atoms with van der Waals surface area (Å²) in [6.07, 6.45) is 0. The second-order valence-corrected chi connectivity index (χ2v) is 4.76. The Hall–Kier alpha value is -2.20. The average molecular weight is 307 g/mol. The summed E-state index contributed by atoms with van der Waals surface area (Å²) in [5.74, 6) is 0.945. The summed E-state index contributed by atoms with van der Waals surface area (Å²) in [6, 6.07) is 12.1. The van der Waals surface area contributed by atoms with Gasteiger partial charge in [0.05, 0.1) is 7.11 Å². The smallest absolute Gasteiger partial charge is 0.349 e. The largest absolute Gasteiger partial charge is 0.493 e. The molecule has 0 atom stereocenters. The van der Waals surface area contributed by atoms with Crippen LogP contribution in [0, 0.1) is 6.92 Å². The first kappa shape index (κ1) is 15.2. The van der Waals surface area contributed by atoms with Gasteiger partial charge >= 0.3 is 5.97 Å². The Morgan fingerprint density at radius 1 is 1.10 bits per heavy atom. The molecule has 0 aromatic heterocycles. The van der Waals surface area contributed by atoms with E-state index < -0.39 is 5.97 Å². The summed E-state index contributed by atoms with van der Waals surface area (Å²) in [5.41, 5.74) is 0.854. The molecule has 0 saturated carbocycles. The van der Waals surface area contributed by atoms with Gasteiger partial charge in [-0.2, -0.15) is 0 Å². The van der Waals surface area contributed by atoms with Gasteiger partial charge in [0.1, 0.15) is 5.75 Å². The Labute approximate surface area is 128 Å². The third-order valence-electron chi connectivity index (χ3n) is 2.78. The van der Waals surface area contributed by atoms with Crippen LogP contribution in [0.3, 0.4) is 0 Å². The van der Waals surface area contributed by atoms with Crippen LogP contribution in [-0.2, 0) is 4.79 Å². The van der Waals surface area contributed by atoms with Crippen molar-refractivity contribution in [3.05, 3.63) is 53.1 Å². The maximum Gasteiger partial charge on any atom is 0.349 e. The van der Waals surface area contributed by atoms with Gasteiger partial charge in [0.15, 0.2) is 18.1 Å². The van der Waals surface area contributed by atoms with Crippen LogP contribution >= 0.6 is 11.6 Å². The molecule has 0 bridgehead atoms. The summed E-state index contributed by atoms with van der Waals surface area (Å²) in [4.78, 5) is 11.8. The van der Waals surface area contributed by atoms with Crippen LogP contribution in [-0.4, -0.2) is 19.7 Å². The molecule has 0 aliphatic rings. The van der Waals surface area contributed by atoms with Crippen LogP contribution in [0.25, 0.3) is 0 Å². The molecule has 0 heterocycles. The lowest BCUT2D eigenvalue weighted by atomic mass is 10.2. The van der Waals surface area contributed by atoms with Gasteiger partial charge in [0, 0.05) is 5.02 Å². The molecule has 0 radical (unpaired) electrons. The zero-order valence-electron chi connectivity index (χ0n) is 11.8. The molecular weight excluding hydrogens is 292 g/mol. The number of rotatable bonds is 5. The van der Waals surface area contributed by atoms with Crippen molar-refractivity contribution < 1.29 is 19.0 Å². The highest BCUT2D eigenvalue weighted by Gasteiger charge is 2.11. The van der Waals surface area contributed by atoms with E-state index in [9.17, 15) is 4.79 Å². The lowest BCUT2D eigenvalue weighted by Crippen LogP contribution is -2.18. The minimum absolute atomic E-state index is 0.194. The molecule has 2 aromatic rings. The number of esters is 1. The molecule has 4 nitrogen and oxygen atoms in total. The van der Waals surface area contributed by atoms with Crippen LogP contribution in [0.2, 0.25) is 5.02 Å². The number of methoxy groups -OCH3 is 1. The summed E-state index contributed by atoms with van der Waals surface area (Å²) >= 11 is 5.86. The summed E-state index contributed by atoms with van der Waals surface area (Å²) in [7, 11) is 1.51. The predicted octanol–water partition coefficient (Wildman–Crippen LogP) is 3.64. The third kappa shape index (κ3) is 4.13. The van der Waals surface area contributed by atoms with E-state index >= 15 is 0 Å². The SMILES string of the molecule is COc1ccccc1OC(=O)COc1ccc(Cl)cc1C. The van der Waals surface area contributed by atoms with Crippen molar-refractivity contribution in [1.29, 1.82) is 0 Å². The van der Waals surface area contributed by atoms with Gasteiger partial charge in [0.25, 0.3) is 0 Å². The molecule has 0 N–H and O–H groups in total. The van der Waals surface area contributed by atoms with Crippen molar-refractivity contribution in [3.8, 4) is 17.2 Å². The van der Waals surface area contributed by atoms with E-state index in [1.54, 1.807) is 42.5 Å². The first-order valence-electron chi connectivity index (χ1n) is 6.33. The molecule has 21 heavy (non-hydrogen) atoms. The number of hydrogen-bond donors (Lipinski definition) is 0. The van der Waals surface area contributed by atoms with Crippen molar-refractivity contribution in [1.82, 2.24) is 0 Å². The zero-order chi connectivity index (χ0) is 15.2. The Morgan fingerprint density at radius 3 is 2.48 bits per heavy atom. The summed E-state index contributed by atoms with van der Waals surface area (Å²) in [6.45, 7) is 1.66.